The topological polar surface area (TPSA) is 48.9 Å². The van der Waals surface area contributed by atoms with Crippen molar-refractivity contribution < 1.29 is 17.9 Å². The molecule has 1 aliphatic rings. The molecule has 0 atom stereocenters. The maximum Gasteiger partial charge on any atom is 0.401 e. The van der Waals surface area contributed by atoms with Gasteiger partial charge in [-0.15, -0.1) is 0 Å². The van der Waals surface area contributed by atoms with E-state index >= 15 is 0 Å². The molecule has 26 heavy (non-hydrogen) atoms. The lowest BCUT2D eigenvalue weighted by Gasteiger charge is -2.32. The smallest absolute Gasteiger partial charge is 0.381 e. The van der Waals surface area contributed by atoms with Crippen LogP contribution in [-0.2, 0) is 4.74 Å². The number of rotatable bonds is 10. The fourth-order valence-corrected chi connectivity index (χ4v) is 3.00. The third kappa shape index (κ3) is 11.6. The normalized spacial score (nSPS) is 17.7. The van der Waals surface area contributed by atoms with Crippen LogP contribution in [0.4, 0.5) is 13.2 Å². The van der Waals surface area contributed by atoms with Crippen molar-refractivity contribution in [1.82, 2.24) is 15.5 Å². The SMILES string of the molecule is CN=C(NCCCOCC(C)C)NCCC1CCN(CC(F)(F)F)CC1. The van der Waals surface area contributed by atoms with Crippen LogP contribution in [0.3, 0.4) is 0 Å². The molecule has 1 fully saturated rings. The van der Waals surface area contributed by atoms with Gasteiger partial charge in [-0.1, -0.05) is 13.8 Å². The Morgan fingerprint density at radius 1 is 1.19 bits per heavy atom. The highest BCUT2D eigenvalue weighted by atomic mass is 19.4. The van der Waals surface area contributed by atoms with Crippen molar-refractivity contribution in [2.45, 2.75) is 45.7 Å². The molecule has 1 heterocycles. The molecule has 0 bridgehead atoms. The summed E-state index contributed by atoms with van der Waals surface area (Å²) in [5.74, 6) is 1.80. The van der Waals surface area contributed by atoms with Gasteiger partial charge in [0.2, 0.25) is 0 Å². The van der Waals surface area contributed by atoms with Crippen LogP contribution in [-0.4, -0.2) is 70.0 Å². The molecule has 0 spiro atoms. The fraction of sp³-hybridized carbons (Fsp3) is 0.944. The van der Waals surface area contributed by atoms with Gasteiger partial charge >= 0.3 is 6.18 Å². The first-order valence-corrected chi connectivity index (χ1v) is 9.61. The van der Waals surface area contributed by atoms with E-state index in [1.54, 1.807) is 7.05 Å². The van der Waals surface area contributed by atoms with Crippen LogP contribution in [0.5, 0.6) is 0 Å². The highest BCUT2D eigenvalue weighted by molar-refractivity contribution is 5.79. The van der Waals surface area contributed by atoms with Crippen molar-refractivity contribution in [3.8, 4) is 0 Å². The number of nitrogens with zero attached hydrogens (tertiary/aromatic N) is 2. The van der Waals surface area contributed by atoms with Crippen LogP contribution in [0.1, 0.15) is 39.5 Å². The number of hydrogen-bond donors (Lipinski definition) is 2. The molecule has 1 saturated heterocycles. The molecular weight excluding hydrogens is 345 g/mol. The Morgan fingerprint density at radius 2 is 1.85 bits per heavy atom. The van der Waals surface area contributed by atoms with Gasteiger partial charge in [-0.2, -0.15) is 13.2 Å². The fourth-order valence-electron chi connectivity index (χ4n) is 3.00. The number of ether oxygens (including phenoxy) is 1. The molecule has 154 valence electrons. The molecule has 0 aliphatic carbocycles. The summed E-state index contributed by atoms with van der Waals surface area (Å²) in [6.07, 6.45) is -0.552. The number of alkyl halides is 3. The number of piperidine rings is 1. The summed E-state index contributed by atoms with van der Waals surface area (Å²) in [6.45, 7) is 7.65. The summed E-state index contributed by atoms with van der Waals surface area (Å²) in [5, 5.41) is 6.53. The van der Waals surface area contributed by atoms with Gasteiger partial charge in [0.05, 0.1) is 6.54 Å². The molecule has 0 amide bonds. The highest BCUT2D eigenvalue weighted by Crippen LogP contribution is 2.23. The lowest BCUT2D eigenvalue weighted by Crippen LogP contribution is -2.41. The number of likely N-dealkylation sites (tertiary alicyclic amines) is 1. The minimum atomic E-state index is -4.09. The summed E-state index contributed by atoms with van der Waals surface area (Å²) < 4.78 is 42.7. The monoisotopic (exact) mass is 380 g/mol. The van der Waals surface area contributed by atoms with Crippen molar-refractivity contribution in [3.05, 3.63) is 0 Å². The number of guanidine groups is 1. The Morgan fingerprint density at radius 3 is 2.42 bits per heavy atom. The Kier molecular flexibility index (Phi) is 11.0. The van der Waals surface area contributed by atoms with Crippen LogP contribution < -0.4 is 10.6 Å². The van der Waals surface area contributed by atoms with Crippen LogP contribution in [0.2, 0.25) is 0 Å². The van der Waals surface area contributed by atoms with Crippen molar-refractivity contribution in [2.75, 3.05) is 53.0 Å². The minimum Gasteiger partial charge on any atom is -0.381 e. The molecule has 2 N–H and O–H groups in total. The van der Waals surface area contributed by atoms with Crippen LogP contribution in [0.25, 0.3) is 0 Å². The van der Waals surface area contributed by atoms with E-state index in [2.05, 4.69) is 29.5 Å². The quantitative estimate of drug-likeness (QED) is 0.348. The largest absolute Gasteiger partial charge is 0.401 e. The molecule has 0 aromatic rings. The zero-order valence-electron chi connectivity index (χ0n) is 16.4. The maximum absolute atomic E-state index is 12.4. The molecule has 5 nitrogen and oxygen atoms in total. The average Bonchev–Trinajstić information content (AvgIpc) is 2.56. The Balaban J connectivity index is 2.07. The summed E-state index contributed by atoms with van der Waals surface area (Å²) in [5.41, 5.74) is 0. The highest BCUT2D eigenvalue weighted by Gasteiger charge is 2.32. The molecule has 0 unspecified atom stereocenters. The first-order chi connectivity index (χ1) is 12.3. The zero-order chi connectivity index (χ0) is 19.4. The molecule has 0 saturated carbocycles. The van der Waals surface area contributed by atoms with Crippen molar-refractivity contribution in [1.29, 1.82) is 0 Å². The van der Waals surface area contributed by atoms with Crippen molar-refractivity contribution in [3.63, 3.8) is 0 Å². The lowest BCUT2D eigenvalue weighted by molar-refractivity contribution is -0.148. The third-order valence-electron chi connectivity index (χ3n) is 4.39. The Bertz CT molecular complexity index is 394. The first-order valence-electron chi connectivity index (χ1n) is 9.61. The standard InChI is InChI=1S/C18H35F3N4O/c1-15(2)13-26-12-4-8-23-17(22-3)24-9-5-16-6-10-25(11-7-16)14-18(19,20)21/h15-16H,4-14H2,1-3H3,(H2,22,23,24). The predicted octanol–water partition coefficient (Wildman–Crippen LogP) is 2.88. The number of halogens is 3. The summed E-state index contributed by atoms with van der Waals surface area (Å²) in [4.78, 5) is 5.70. The van der Waals surface area contributed by atoms with E-state index in [1.165, 1.54) is 4.90 Å². The predicted molar refractivity (Wildman–Crippen MR) is 99.5 cm³/mol. The van der Waals surface area contributed by atoms with Gasteiger partial charge in [0.25, 0.3) is 0 Å². The first kappa shape index (κ1) is 23.0. The molecule has 1 rings (SSSR count). The van der Waals surface area contributed by atoms with E-state index in [0.29, 0.717) is 24.9 Å². The lowest BCUT2D eigenvalue weighted by atomic mass is 9.93. The van der Waals surface area contributed by atoms with E-state index in [9.17, 15) is 13.2 Å². The number of aliphatic imine (C=N–C) groups is 1. The van der Waals surface area contributed by atoms with Gasteiger partial charge in [-0.25, -0.2) is 0 Å². The number of hydrogen-bond acceptors (Lipinski definition) is 3. The third-order valence-corrected chi connectivity index (χ3v) is 4.39. The van der Waals surface area contributed by atoms with Gasteiger partial charge < -0.3 is 15.4 Å². The van der Waals surface area contributed by atoms with Crippen LogP contribution in [0.15, 0.2) is 4.99 Å². The van der Waals surface area contributed by atoms with E-state index in [-0.39, 0.29) is 0 Å². The summed E-state index contributed by atoms with van der Waals surface area (Å²) in [7, 11) is 1.74. The second kappa shape index (κ2) is 12.4. The van der Waals surface area contributed by atoms with Gasteiger partial charge in [0.1, 0.15) is 0 Å². The molecule has 8 heteroatoms. The van der Waals surface area contributed by atoms with Gasteiger partial charge in [0.15, 0.2) is 5.96 Å². The van der Waals surface area contributed by atoms with Gasteiger partial charge in [0, 0.05) is 33.4 Å². The molecule has 0 aromatic carbocycles. The summed E-state index contributed by atoms with van der Waals surface area (Å²) in [6, 6.07) is 0. The second-order valence-electron chi connectivity index (χ2n) is 7.37. The summed E-state index contributed by atoms with van der Waals surface area (Å²) >= 11 is 0. The molecular formula is C18H35F3N4O. The second-order valence-corrected chi connectivity index (χ2v) is 7.37. The van der Waals surface area contributed by atoms with Crippen LogP contribution >= 0.6 is 0 Å². The zero-order valence-corrected chi connectivity index (χ0v) is 16.4. The van der Waals surface area contributed by atoms with E-state index < -0.39 is 12.7 Å². The van der Waals surface area contributed by atoms with Gasteiger partial charge in [-0.3, -0.25) is 9.89 Å². The van der Waals surface area contributed by atoms with E-state index in [4.69, 9.17) is 4.74 Å². The average molecular weight is 380 g/mol. The van der Waals surface area contributed by atoms with E-state index in [1.807, 2.05) is 0 Å². The van der Waals surface area contributed by atoms with Gasteiger partial charge in [-0.05, 0) is 50.6 Å². The Labute approximate surface area is 155 Å². The maximum atomic E-state index is 12.4. The van der Waals surface area contributed by atoms with E-state index in [0.717, 1.165) is 57.9 Å². The minimum absolute atomic E-state index is 0.481. The van der Waals surface area contributed by atoms with Crippen molar-refractivity contribution in [2.24, 2.45) is 16.8 Å². The molecule has 1 aliphatic heterocycles. The van der Waals surface area contributed by atoms with Crippen molar-refractivity contribution >= 4 is 5.96 Å². The van der Waals surface area contributed by atoms with Crippen LogP contribution in [0, 0.1) is 11.8 Å². The number of nitrogens with one attached hydrogen (secondary N) is 2. The molecule has 0 aromatic heterocycles. The Hall–Kier alpha value is -1.02. The molecule has 0 radical (unpaired) electrons.